The van der Waals surface area contributed by atoms with E-state index >= 15 is 0 Å². The Labute approximate surface area is 177 Å². The molecule has 2 atom stereocenters. The van der Waals surface area contributed by atoms with Crippen molar-refractivity contribution in [3.05, 3.63) is 29.8 Å². The molecule has 0 aliphatic carbocycles. The first kappa shape index (κ1) is 24.9. The van der Waals surface area contributed by atoms with Crippen LogP contribution in [0.15, 0.2) is 24.3 Å². The second-order valence-electron chi connectivity index (χ2n) is 9.21. The lowest BCUT2D eigenvalue weighted by atomic mass is 9.86. The topological polar surface area (TPSA) is 72.8 Å². The number of rotatable bonds is 9. The standard InChI is InChI=1S/C21H33BrO5Si/c1-20(2,18(24)27-14-21(3,13-23)19(25)26-4)12-17(22)15-8-10-16(11-9-15)28(5,6)7/h8-11,17,23H,12-14H2,1-7H3. The zero-order valence-electron chi connectivity index (χ0n) is 18.0. The van der Waals surface area contributed by atoms with E-state index in [2.05, 4.69) is 64.6 Å². The van der Waals surface area contributed by atoms with Crippen molar-refractivity contribution in [2.24, 2.45) is 10.8 Å². The number of esters is 2. The van der Waals surface area contributed by atoms with Gasteiger partial charge < -0.3 is 14.6 Å². The van der Waals surface area contributed by atoms with Gasteiger partial charge in [0, 0.05) is 4.83 Å². The van der Waals surface area contributed by atoms with Crippen molar-refractivity contribution < 1.29 is 24.2 Å². The number of hydrogen-bond donors (Lipinski definition) is 1. The number of aliphatic hydroxyl groups excluding tert-OH is 1. The average Bonchev–Trinajstić information content (AvgIpc) is 2.63. The number of alkyl halides is 1. The van der Waals surface area contributed by atoms with Gasteiger partial charge in [-0.05, 0) is 32.8 Å². The molecule has 1 aromatic rings. The minimum absolute atomic E-state index is 0.00410. The van der Waals surface area contributed by atoms with E-state index in [4.69, 9.17) is 4.74 Å². The van der Waals surface area contributed by atoms with Crippen LogP contribution < -0.4 is 5.19 Å². The highest BCUT2D eigenvalue weighted by Gasteiger charge is 2.38. The van der Waals surface area contributed by atoms with Crippen molar-refractivity contribution in [1.29, 1.82) is 0 Å². The van der Waals surface area contributed by atoms with Crippen molar-refractivity contribution in [3.8, 4) is 0 Å². The van der Waals surface area contributed by atoms with Crippen molar-refractivity contribution in [1.82, 2.24) is 0 Å². The van der Waals surface area contributed by atoms with Crippen LogP contribution in [0.1, 0.15) is 37.6 Å². The van der Waals surface area contributed by atoms with Crippen LogP contribution in [-0.4, -0.2) is 45.4 Å². The highest BCUT2D eigenvalue weighted by Crippen LogP contribution is 2.37. The van der Waals surface area contributed by atoms with Crippen LogP contribution in [-0.2, 0) is 19.1 Å². The monoisotopic (exact) mass is 472 g/mol. The lowest BCUT2D eigenvalue weighted by Crippen LogP contribution is -2.40. The van der Waals surface area contributed by atoms with Crippen LogP contribution in [0.5, 0.6) is 0 Å². The highest BCUT2D eigenvalue weighted by molar-refractivity contribution is 9.09. The molecule has 0 aromatic heterocycles. The number of halogens is 1. The molecule has 0 bridgehead atoms. The van der Waals surface area contributed by atoms with Crippen LogP contribution in [0.3, 0.4) is 0 Å². The Bertz CT molecular complexity index is 681. The number of carbonyl (C=O) groups excluding carboxylic acids is 2. The molecule has 0 spiro atoms. The summed E-state index contributed by atoms with van der Waals surface area (Å²) >= 11 is 3.69. The van der Waals surface area contributed by atoms with Crippen LogP contribution in [0, 0.1) is 10.8 Å². The zero-order chi connectivity index (χ0) is 21.8. The highest BCUT2D eigenvalue weighted by atomic mass is 79.9. The third-order valence-corrected chi connectivity index (χ3v) is 7.85. The van der Waals surface area contributed by atoms with Gasteiger partial charge in [-0.1, -0.05) is 65.0 Å². The van der Waals surface area contributed by atoms with Gasteiger partial charge in [-0.2, -0.15) is 0 Å². The molecular formula is C21H33BrO5Si. The van der Waals surface area contributed by atoms with E-state index in [1.165, 1.54) is 19.2 Å². The third kappa shape index (κ3) is 6.42. The number of ether oxygens (including phenoxy) is 2. The summed E-state index contributed by atoms with van der Waals surface area (Å²) < 4.78 is 10.1. The summed E-state index contributed by atoms with van der Waals surface area (Å²) in [7, 11) is -0.107. The van der Waals surface area contributed by atoms with E-state index in [0.717, 1.165) is 5.56 Å². The Hall–Kier alpha value is -1.18. The molecule has 0 heterocycles. The first-order chi connectivity index (χ1) is 12.8. The number of aliphatic hydroxyl groups is 1. The molecule has 0 radical (unpaired) electrons. The van der Waals surface area contributed by atoms with Crippen molar-refractivity contribution in [3.63, 3.8) is 0 Å². The Morgan fingerprint density at radius 3 is 2.07 bits per heavy atom. The van der Waals surface area contributed by atoms with E-state index < -0.39 is 37.4 Å². The molecule has 1 rings (SSSR count). The molecular weight excluding hydrogens is 440 g/mol. The summed E-state index contributed by atoms with van der Waals surface area (Å²) in [4.78, 5) is 24.4. The van der Waals surface area contributed by atoms with Gasteiger partial charge in [0.25, 0.3) is 0 Å². The van der Waals surface area contributed by atoms with E-state index in [1.54, 1.807) is 0 Å². The van der Waals surface area contributed by atoms with E-state index in [-0.39, 0.29) is 11.4 Å². The second kappa shape index (κ2) is 9.54. The smallest absolute Gasteiger partial charge is 0.317 e. The molecule has 1 N–H and O–H groups in total. The Morgan fingerprint density at radius 1 is 1.11 bits per heavy atom. The SMILES string of the molecule is COC(=O)C(C)(CO)COC(=O)C(C)(C)CC(Br)c1ccc([Si](C)(C)C)cc1. The predicted molar refractivity (Wildman–Crippen MR) is 118 cm³/mol. The third-order valence-electron chi connectivity index (χ3n) is 4.93. The van der Waals surface area contributed by atoms with Crippen LogP contribution in [0.4, 0.5) is 0 Å². The molecule has 0 amide bonds. The van der Waals surface area contributed by atoms with Gasteiger partial charge in [0.05, 0.1) is 27.2 Å². The average molecular weight is 473 g/mol. The molecule has 0 fully saturated rings. The fraction of sp³-hybridized carbons (Fsp3) is 0.619. The zero-order valence-corrected chi connectivity index (χ0v) is 20.6. The minimum atomic E-state index is -1.35. The summed E-state index contributed by atoms with van der Waals surface area (Å²) in [5.41, 5.74) is -0.920. The van der Waals surface area contributed by atoms with Crippen LogP contribution in [0.25, 0.3) is 0 Å². The first-order valence-electron chi connectivity index (χ1n) is 9.38. The van der Waals surface area contributed by atoms with Crippen LogP contribution in [0.2, 0.25) is 19.6 Å². The molecule has 28 heavy (non-hydrogen) atoms. The minimum Gasteiger partial charge on any atom is -0.468 e. The van der Waals surface area contributed by atoms with E-state index in [1.807, 2.05) is 13.8 Å². The lowest BCUT2D eigenvalue weighted by Gasteiger charge is -2.29. The van der Waals surface area contributed by atoms with E-state index in [9.17, 15) is 14.7 Å². The van der Waals surface area contributed by atoms with Crippen molar-refractivity contribution in [2.45, 2.75) is 51.7 Å². The summed E-state index contributed by atoms with van der Waals surface area (Å²) in [6.07, 6.45) is 0.534. The normalized spacial score (nSPS) is 15.5. The van der Waals surface area contributed by atoms with Crippen molar-refractivity contribution >= 4 is 41.1 Å². The molecule has 5 nitrogen and oxygen atoms in total. The maximum atomic E-state index is 12.6. The van der Waals surface area contributed by atoms with Crippen LogP contribution >= 0.6 is 15.9 Å². The number of benzene rings is 1. The molecule has 0 saturated carbocycles. The number of methoxy groups -OCH3 is 1. The Kier molecular flexibility index (Phi) is 8.47. The second-order valence-corrected chi connectivity index (χ2v) is 15.4. The van der Waals surface area contributed by atoms with Gasteiger partial charge in [0.15, 0.2) is 0 Å². The first-order valence-corrected chi connectivity index (χ1v) is 13.8. The summed E-state index contributed by atoms with van der Waals surface area (Å²) in [5, 5.41) is 10.9. The van der Waals surface area contributed by atoms with Gasteiger partial charge in [-0.25, -0.2) is 0 Å². The molecule has 7 heteroatoms. The fourth-order valence-corrected chi connectivity index (χ4v) is 4.96. The summed E-state index contributed by atoms with van der Waals surface area (Å²) in [6.45, 7) is 11.4. The largest absolute Gasteiger partial charge is 0.468 e. The maximum absolute atomic E-state index is 12.6. The van der Waals surface area contributed by atoms with E-state index in [0.29, 0.717) is 6.42 Å². The molecule has 158 valence electrons. The summed E-state index contributed by atoms with van der Waals surface area (Å²) in [6, 6.07) is 8.55. The molecule has 0 saturated heterocycles. The molecule has 2 unspecified atom stereocenters. The van der Waals surface area contributed by atoms with Gasteiger partial charge >= 0.3 is 11.9 Å². The fourth-order valence-electron chi connectivity index (χ4n) is 2.68. The van der Waals surface area contributed by atoms with Gasteiger partial charge in [-0.3, -0.25) is 9.59 Å². The predicted octanol–water partition coefficient (Wildman–Crippen LogP) is 3.80. The summed E-state index contributed by atoms with van der Waals surface area (Å²) in [5.74, 6) is -1.03. The van der Waals surface area contributed by atoms with Gasteiger partial charge in [0.1, 0.15) is 12.0 Å². The number of hydrogen-bond acceptors (Lipinski definition) is 5. The van der Waals surface area contributed by atoms with Crippen molar-refractivity contribution in [2.75, 3.05) is 20.3 Å². The lowest BCUT2D eigenvalue weighted by molar-refractivity contribution is -0.168. The molecule has 0 aliphatic rings. The quantitative estimate of drug-likeness (QED) is 0.336. The van der Waals surface area contributed by atoms with Gasteiger partial charge in [0.2, 0.25) is 0 Å². The maximum Gasteiger partial charge on any atom is 0.317 e. The molecule has 1 aromatic carbocycles. The van der Waals surface area contributed by atoms with Gasteiger partial charge in [-0.15, -0.1) is 0 Å². The Morgan fingerprint density at radius 2 is 1.64 bits per heavy atom. The number of carbonyl (C=O) groups is 2. The Balaban J connectivity index is 2.78. The molecule has 0 aliphatic heterocycles.